The maximum Gasteiger partial charge on any atom is 0.0880 e. The van der Waals surface area contributed by atoms with Crippen LogP contribution in [0.3, 0.4) is 0 Å². The van der Waals surface area contributed by atoms with E-state index in [1.165, 1.54) is 0 Å². The van der Waals surface area contributed by atoms with Gasteiger partial charge in [-0.25, -0.2) is 0 Å². The highest BCUT2D eigenvalue weighted by molar-refractivity contribution is 5.74. The van der Waals surface area contributed by atoms with E-state index in [2.05, 4.69) is 27.3 Å². The van der Waals surface area contributed by atoms with Gasteiger partial charge in [0.25, 0.3) is 0 Å². The number of nitrogens with one attached hydrogen (secondary N) is 1. The number of nitrogen functional groups attached to an aromatic ring is 2. The average molecular weight is 355 g/mol. The summed E-state index contributed by atoms with van der Waals surface area (Å²) in [5, 5.41) is 6.67. The van der Waals surface area contributed by atoms with E-state index in [1.54, 1.807) is 12.4 Å². The molecular weight excluding hydrogens is 334 g/mol. The third-order valence-electron chi connectivity index (χ3n) is 3.82. The number of benzene rings is 2. The van der Waals surface area contributed by atoms with Crippen LogP contribution in [0.2, 0.25) is 0 Å². The molecule has 0 saturated carbocycles. The van der Waals surface area contributed by atoms with Gasteiger partial charge in [0.15, 0.2) is 0 Å². The van der Waals surface area contributed by atoms with Crippen molar-refractivity contribution in [2.75, 3.05) is 11.5 Å². The zero-order chi connectivity index (χ0) is 18.9. The van der Waals surface area contributed by atoms with Crippen LogP contribution in [0.25, 0.3) is 23.5 Å². The lowest BCUT2D eigenvalue weighted by molar-refractivity contribution is 1.09. The summed E-state index contributed by atoms with van der Waals surface area (Å²) in [4.78, 5) is 4.15. The molecule has 2 aromatic carbocycles. The highest BCUT2D eigenvalue weighted by Crippen LogP contribution is 2.17. The van der Waals surface area contributed by atoms with Crippen molar-refractivity contribution in [3.8, 4) is 11.4 Å². The minimum absolute atomic E-state index is 0.621. The lowest BCUT2D eigenvalue weighted by atomic mass is 10.1. The summed E-state index contributed by atoms with van der Waals surface area (Å²) < 4.78 is 0. The van der Waals surface area contributed by atoms with E-state index in [0.29, 0.717) is 11.4 Å². The number of H-pyrrole nitrogens is 1. The summed E-state index contributed by atoms with van der Waals surface area (Å²) in [6.07, 6.45) is 7.54. The van der Waals surface area contributed by atoms with Gasteiger partial charge in [0.1, 0.15) is 0 Å². The van der Waals surface area contributed by atoms with Crippen LogP contribution in [-0.2, 0) is 0 Å². The normalized spacial score (nSPS) is 10.4. The van der Waals surface area contributed by atoms with Gasteiger partial charge >= 0.3 is 0 Å². The average Bonchev–Trinajstić information content (AvgIpc) is 3.26. The lowest BCUT2D eigenvalue weighted by Gasteiger charge is -2.00. The van der Waals surface area contributed by atoms with E-state index < -0.39 is 0 Å². The summed E-state index contributed by atoms with van der Waals surface area (Å²) in [6, 6.07) is 23.4. The van der Waals surface area contributed by atoms with Crippen LogP contribution in [0.1, 0.15) is 11.1 Å². The number of anilines is 2. The Kier molecular flexibility index (Phi) is 5.99. The van der Waals surface area contributed by atoms with Crippen molar-refractivity contribution in [2.45, 2.75) is 0 Å². The first-order chi connectivity index (χ1) is 13.2. The summed E-state index contributed by atoms with van der Waals surface area (Å²) in [6.45, 7) is 0. The van der Waals surface area contributed by atoms with Crippen molar-refractivity contribution < 1.29 is 0 Å². The minimum Gasteiger partial charge on any atom is -0.397 e. The highest BCUT2D eigenvalue weighted by atomic mass is 15.1. The topological polar surface area (TPSA) is 93.6 Å². The Bertz CT molecular complexity index is 978. The van der Waals surface area contributed by atoms with Gasteiger partial charge in [-0.1, -0.05) is 54.6 Å². The van der Waals surface area contributed by atoms with E-state index >= 15 is 0 Å². The maximum absolute atomic E-state index is 5.73. The van der Waals surface area contributed by atoms with E-state index in [0.717, 1.165) is 22.5 Å². The number of aromatic nitrogens is 3. The van der Waals surface area contributed by atoms with Gasteiger partial charge in [-0.15, -0.1) is 0 Å². The zero-order valence-corrected chi connectivity index (χ0v) is 14.8. The molecule has 0 aliphatic rings. The Labute approximate surface area is 158 Å². The smallest absolute Gasteiger partial charge is 0.0880 e. The quantitative estimate of drug-likeness (QED) is 0.373. The van der Waals surface area contributed by atoms with Crippen molar-refractivity contribution >= 4 is 23.5 Å². The molecule has 0 fully saturated rings. The molecule has 27 heavy (non-hydrogen) atoms. The number of nitrogens with zero attached hydrogens (tertiary/aromatic N) is 2. The zero-order valence-electron chi connectivity index (χ0n) is 14.8. The maximum atomic E-state index is 5.73. The van der Waals surface area contributed by atoms with Crippen molar-refractivity contribution in [1.29, 1.82) is 0 Å². The molecule has 0 amide bonds. The third kappa shape index (κ3) is 5.31. The second-order valence-electron chi connectivity index (χ2n) is 5.82. The van der Waals surface area contributed by atoms with Crippen LogP contribution in [-0.4, -0.2) is 15.2 Å². The van der Waals surface area contributed by atoms with Crippen LogP contribution in [0.5, 0.6) is 0 Å². The molecule has 134 valence electrons. The first-order valence-electron chi connectivity index (χ1n) is 8.51. The SMILES string of the molecule is Nc1ccc(C=Cc2ccccc2)cc1N.c1ccc(-c2ccn[nH]2)nc1. The Morgan fingerprint density at radius 1 is 0.704 bits per heavy atom. The Morgan fingerprint density at radius 3 is 2.15 bits per heavy atom. The summed E-state index contributed by atoms with van der Waals surface area (Å²) in [7, 11) is 0. The van der Waals surface area contributed by atoms with E-state index in [-0.39, 0.29) is 0 Å². The Morgan fingerprint density at radius 2 is 1.48 bits per heavy atom. The number of rotatable bonds is 3. The first-order valence-corrected chi connectivity index (χ1v) is 8.51. The molecule has 0 saturated heterocycles. The van der Waals surface area contributed by atoms with Gasteiger partial charge in [-0.05, 0) is 41.5 Å². The standard InChI is InChI=1S/C14H14N2.C8H7N3/c15-13-9-8-12(10-14(13)16)7-6-11-4-2-1-3-5-11;1-2-5-9-7(3-1)8-4-6-10-11-8/h1-10H,15-16H2;1-6H,(H,10,11). The number of pyridine rings is 1. The van der Waals surface area contributed by atoms with Gasteiger partial charge in [-0.3, -0.25) is 10.1 Å². The summed E-state index contributed by atoms with van der Waals surface area (Å²) >= 11 is 0. The van der Waals surface area contributed by atoms with Crippen LogP contribution in [0.15, 0.2) is 85.2 Å². The van der Waals surface area contributed by atoms with Crippen LogP contribution >= 0.6 is 0 Å². The van der Waals surface area contributed by atoms with Crippen LogP contribution in [0.4, 0.5) is 11.4 Å². The Balaban J connectivity index is 0.000000166. The van der Waals surface area contributed by atoms with Gasteiger partial charge in [-0.2, -0.15) is 5.10 Å². The van der Waals surface area contributed by atoms with Crippen molar-refractivity contribution in [1.82, 2.24) is 15.2 Å². The molecule has 0 unspecified atom stereocenters. The predicted octanol–water partition coefficient (Wildman–Crippen LogP) is 4.49. The fraction of sp³-hybridized carbons (Fsp3) is 0. The molecular formula is C22H21N5. The molecule has 0 aliphatic carbocycles. The number of nitrogens with two attached hydrogens (primary N) is 2. The molecule has 0 bridgehead atoms. The molecule has 0 atom stereocenters. The molecule has 2 aromatic heterocycles. The monoisotopic (exact) mass is 355 g/mol. The molecule has 2 heterocycles. The highest BCUT2D eigenvalue weighted by Gasteiger charge is 1.96. The van der Waals surface area contributed by atoms with Crippen molar-refractivity contribution in [3.63, 3.8) is 0 Å². The van der Waals surface area contributed by atoms with E-state index in [4.69, 9.17) is 11.5 Å². The summed E-state index contributed by atoms with van der Waals surface area (Å²) in [5.41, 5.74) is 16.7. The number of aromatic amines is 1. The fourth-order valence-corrected chi connectivity index (χ4v) is 2.37. The minimum atomic E-state index is 0.621. The van der Waals surface area contributed by atoms with Gasteiger partial charge < -0.3 is 11.5 Å². The molecule has 0 aliphatic heterocycles. The molecule has 5 N–H and O–H groups in total. The first kappa shape index (κ1) is 17.9. The molecule has 0 spiro atoms. The molecule has 4 aromatic rings. The Hall–Kier alpha value is -3.86. The van der Waals surface area contributed by atoms with Crippen LogP contribution in [0, 0.1) is 0 Å². The predicted molar refractivity (Wildman–Crippen MR) is 112 cm³/mol. The number of hydrogen-bond donors (Lipinski definition) is 3. The molecule has 0 radical (unpaired) electrons. The molecule has 4 rings (SSSR count). The van der Waals surface area contributed by atoms with Crippen molar-refractivity contribution in [3.05, 3.63) is 96.3 Å². The van der Waals surface area contributed by atoms with Crippen molar-refractivity contribution in [2.24, 2.45) is 0 Å². The van der Waals surface area contributed by atoms with Crippen LogP contribution < -0.4 is 11.5 Å². The van der Waals surface area contributed by atoms with Gasteiger partial charge in [0, 0.05) is 12.4 Å². The fourth-order valence-electron chi connectivity index (χ4n) is 2.37. The van der Waals surface area contributed by atoms with Gasteiger partial charge in [0.05, 0.1) is 22.8 Å². The largest absolute Gasteiger partial charge is 0.397 e. The molecule has 5 nitrogen and oxygen atoms in total. The van der Waals surface area contributed by atoms with E-state index in [1.807, 2.05) is 72.8 Å². The second-order valence-corrected chi connectivity index (χ2v) is 5.82. The number of hydrogen-bond acceptors (Lipinski definition) is 4. The third-order valence-corrected chi connectivity index (χ3v) is 3.82. The lowest BCUT2D eigenvalue weighted by Crippen LogP contribution is -1.93. The van der Waals surface area contributed by atoms with Gasteiger partial charge in [0.2, 0.25) is 0 Å². The molecule has 5 heteroatoms. The summed E-state index contributed by atoms with van der Waals surface area (Å²) in [5.74, 6) is 0. The second kappa shape index (κ2) is 9.01. The van der Waals surface area contributed by atoms with E-state index in [9.17, 15) is 0 Å².